The fraction of sp³-hybridized carbons (Fsp3) is 0.417. The Labute approximate surface area is 108 Å². The summed E-state index contributed by atoms with van der Waals surface area (Å²) in [5, 5.41) is 4.54. The summed E-state index contributed by atoms with van der Waals surface area (Å²) in [7, 11) is 1.55. The van der Waals surface area contributed by atoms with Crippen LogP contribution >= 0.6 is 0 Å². The number of ether oxygens (including phenoxy) is 1. The Hall–Kier alpha value is -1.76. The van der Waals surface area contributed by atoms with E-state index in [1.54, 1.807) is 36.7 Å². The Balaban J connectivity index is 2.24. The maximum atomic E-state index is 11.8. The van der Waals surface area contributed by atoms with E-state index in [4.69, 9.17) is 4.74 Å². The molecule has 1 rings (SSSR count). The van der Waals surface area contributed by atoms with E-state index in [0.717, 1.165) is 5.56 Å². The standard InChI is InChI=1S/C12H15F3N2O2/c1-19-10-4-2-9(3-5-10)6-16-7-11(18)17-8-12(13,14)15/h2-5,16H,6-8H2,1H3,(H,17,18). The average molecular weight is 276 g/mol. The molecule has 0 bridgehead atoms. The van der Waals surface area contributed by atoms with Crippen molar-refractivity contribution < 1.29 is 22.7 Å². The minimum atomic E-state index is -4.38. The maximum Gasteiger partial charge on any atom is 0.405 e. The van der Waals surface area contributed by atoms with Crippen molar-refractivity contribution in [2.75, 3.05) is 20.2 Å². The summed E-state index contributed by atoms with van der Waals surface area (Å²) >= 11 is 0. The van der Waals surface area contributed by atoms with Crippen LogP contribution in [0, 0.1) is 0 Å². The highest BCUT2D eigenvalue weighted by molar-refractivity contribution is 5.78. The van der Waals surface area contributed by atoms with Crippen LogP contribution in [0.25, 0.3) is 0 Å². The Morgan fingerprint density at radius 2 is 1.89 bits per heavy atom. The molecule has 0 aliphatic rings. The van der Waals surface area contributed by atoms with Gasteiger partial charge in [-0.2, -0.15) is 13.2 Å². The third kappa shape index (κ3) is 6.66. The van der Waals surface area contributed by atoms with Crippen molar-refractivity contribution in [1.29, 1.82) is 0 Å². The molecule has 2 N–H and O–H groups in total. The first kappa shape index (κ1) is 15.3. The highest BCUT2D eigenvalue weighted by Gasteiger charge is 2.27. The van der Waals surface area contributed by atoms with Crippen LogP contribution in [-0.4, -0.2) is 32.3 Å². The quantitative estimate of drug-likeness (QED) is 0.827. The van der Waals surface area contributed by atoms with E-state index in [1.165, 1.54) is 0 Å². The Morgan fingerprint density at radius 1 is 1.26 bits per heavy atom. The molecule has 0 aromatic heterocycles. The highest BCUT2D eigenvalue weighted by atomic mass is 19.4. The minimum Gasteiger partial charge on any atom is -0.497 e. The van der Waals surface area contributed by atoms with E-state index in [-0.39, 0.29) is 6.54 Å². The van der Waals surface area contributed by atoms with Crippen LogP contribution in [0.5, 0.6) is 5.75 Å². The summed E-state index contributed by atoms with van der Waals surface area (Å²) in [6.45, 7) is -1.08. The molecule has 0 spiro atoms. The lowest BCUT2D eigenvalue weighted by atomic mass is 10.2. The van der Waals surface area contributed by atoms with Crippen molar-refractivity contribution in [2.24, 2.45) is 0 Å². The van der Waals surface area contributed by atoms with Gasteiger partial charge in [0, 0.05) is 6.54 Å². The molecular formula is C12H15F3N2O2. The van der Waals surface area contributed by atoms with Gasteiger partial charge >= 0.3 is 6.18 Å². The van der Waals surface area contributed by atoms with E-state index in [9.17, 15) is 18.0 Å². The summed E-state index contributed by atoms with van der Waals surface area (Å²) < 4.78 is 40.5. The third-order valence-electron chi connectivity index (χ3n) is 2.26. The van der Waals surface area contributed by atoms with Crippen molar-refractivity contribution in [3.8, 4) is 5.75 Å². The number of carbonyl (C=O) groups is 1. The molecule has 0 atom stereocenters. The summed E-state index contributed by atoms with van der Waals surface area (Å²) in [5.41, 5.74) is 0.907. The number of rotatable bonds is 6. The number of benzene rings is 1. The molecule has 106 valence electrons. The minimum absolute atomic E-state index is 0.165. The topological polar surface area (TPSA) is 50.4 Å². The van der Waals surface area contributed by atoms with Gasteiger partial charge in [-0.25, -0.2) is 0 Å². The van der Waals surface area contributed by atoms with Crippen molar-refractivity contribution in [3.63, 3.8) is 0 Å². The van der Waals surface area contributed by atoms with Crippen LogP contribution in [0.1, 0.15) is 5.56 Å². The van der Waals surface area contributed by atoms with Crippen molar-refractivity contribution in [2.45, 2.75) is 12.7 Å². The second-order valence-corrected chi connectivity index (χ2v) is 3.84. The molecule has 4 nitrogen and oxygen atoms in total. The molecule has 0 fully saturated rings. The predicted molar refractivity (Wildman–Crippen MR) is 63.8 cm³/mol. The van der Waals surface area contributed by atoms with Crippen molar-refractivity contribution in [3.05, 3.63) is 29.8 Å². The first-order valence-corrected chi connectivity index (χ1v) is 5.58. The molecule has 1 aromatic rings. The largest absolute Gasteiger partial charge is 0.497 e. The molecule has 7 heteroatoms. The molecule has 0 heterocycles. The number of hydrogen-bond donors (Lipinski definition) is 2. The molecule has 1 amide bonds. The normalized spacial score (nSPS) is 11.2. The highest BCUT2D eigenvalue weighted by Crippen LogP contribution is 2.12. The predicted octanol–water partition coefficient (Wildman–Crippen LogP) is 1.46. The fourth-order valence-electron chi connectivity index (χ4n) is 1.33. The van der Waals surface area contributed by atoms with Gasteiger partial charge in [-0.15, -0.1) is 0 Å². The van der Waals surface area contributed by atoms with Crippen LogP contribution in [0.3, 0.4) is 0 Å². The van der Waals surface area contributed by atoms with Crippen LogP contribution in [0.2, 0.25) is 0 Å². The fourth-order valence-corrected chi connectivity index (χ4v) is 1.33. The molecule has 0 aliphatic heterocycles. The Morgan fingerprint density at radius 3 is 2.42 bits per heavy atom. The van der Waals surface area contributed by atoms with Crippen molar-refractivity contribution >= 4 is 5.91 Å². The number of alkyl halides is 3. The summed E-state index contributed by atoms with van der Waals surface area (Å²) in [4.78, 5) is 11.1. The van der Waals surface area contributed by atoms with E-state index in [2.05, 4.69) is 5.32 Å². The van der Waals surface area contributed by atoms with Crippen LogP contribution in [-0.2, 0) is 11.3 Å². The molecule has 0 saturated heterocycles. The number of nitrogens with one attached hydrogen (secondary N) is 2. The monoisotopic (exact) mass is 276 g/mol. The lowest BCUT2D eigenvalue weighted by Gasteiger charge is -2.09. The van der Waals surface area contributed by atoms with E-state index < -0.39 is 18.6 Å². The second kappa shape index (κ2) is 6.98. The van der Waals surface area contributed by atoms with Gasteiger partial charge in [-0.05, 0) is 17.7 Å². The number of halogens is 3. The van der Waals surface area contributed by atoms with Gasteiger partial charge in [0.15, 0.2) is 0 Å². The number of carbonyl (C=O) groups excluding carboxylic acids is 1. The average Bonchev–Trinajstić information content (AvgIpc) is 2.36. The molecule has 0 unspecified atom stereocenters. The first-order valence-electron chi connectivity index (χ1n) is 5.58. The van der Waals surface area contributed by atoms with Crippen LogP contribution < -0.4 is 15.4 Å². The first-order chi connectivity index (χ1) is 8.90. The Kier molecular flexibility index (Phi) is 5.62. The van der Waals surface area contributed by atoms with E-state index in [0.29, 0.717) is 12.3 Å². The second-order valence-electron chi connectivity index (χ2n) is 3.84. The molecule has 0 saturated carbocycles. The molecule has 19 heavy (non-hydrogen) atoms. The lowest BCUT2D eigenvalue weighted by molar-refractivity contribution is -0.137. The van der Waals surface area contributed by atoms with E-state index in [1.807, 2.05) is 0 Å². The molecular weight excluding hydrogens is 261 g/mol. The summed E-state index contributed by atoms with van der Waals surface area (Å²) in [5.74, 6) is 0.0255. The van der Waals surface area contributed by atoms with E-state index >= 15 is 0 Å². The van der Waals surface area contributed by atoms with Gasteiger partial charge in [0.05, 0.1) is 13.7 Å². The van der Waals surface area contributed by atoms with Gasteiger partial charge in [0.1, 0.15) is 12.3 Å². The molecule has 0 aliphatic carbocycles. The third-order valence-corrected chi connectivity index (χ3v) is 2.26. The number of amides is 1. The van der Waals surface area contributed by atoms with Crippen LogP contribution in [0.4, 0.5) is 13.2 Å². The lowest BCUT2D eigenvalue weighted by Crippen LogP contribution is -2.39. The smallest absolute Gasteiger partial charge is 0.405 e. The van der Waals surface area contributed by atoms with Crippen molar-refractivity contribution in [1.82, 2.24) is 10.6 Å². The zero-order valence-corrected chi connectivity index (χ0v) is 10.4. The maximum absolute atomic E-state index is 11.8. The van der Waals surface area contributed by atoms with Gasteiger partial charge in [-0.1, -0.05) is 12.1 Å². The summed E-state index contributed by atoms with van der Waals surface area (Å²) in [6, 6.07) is 7.14. The van der Waals surface area contributed by atoms with Gasteiger partial charge in [0.2, 0.25) is 5.91 Å². The van der Waals surface area contributed by atoms with Crippen LogP contribution in [0.15, 0.2) is 24.3 Å². The van der Waals surface area contributed by atoms with Gasteiger partial charge in [-0.3, -0.25) is 4.79 Å². The Bertz CT molecular complexity index is 404. The SMILES string of the molecule is COc1ccc(CNCC(=O)NCC(F)(F)F)cc1. The number of methoxy groups -OCH3 is 1. The van der Waals surface area contributed by atoms with Gasteiger partial charge < -0.3 is 15.4 Å². The molecule has 0 radical (unpaired) electrons. The van der Waals surface area contributed by atoms with Gasteiger partial charge in [0.25, 0.3) is 0 Å². The zero-order chi connectivity index (χ0) is 14.3. The zero-order valence-electron chi connectivity index (χ0n) is 10.4. The molecule has 1 aromatic carbocycles. The number of hydrogen-bond acceptors (Lipinski definition) is 3. The summed E-state index contributed by atoms with van der Waals surface area (Å²) in [6.07, 6.45) is -4.38.